The zero-order valence-electron chi connectivity index (χ0n) is 18.8. The minimum Gasteiger partial charge on any atom is -0.507 e. The van der Waals surface area contributed by atoms with Crippen LogP contribution < -0.4 is 4.74 Å². The molecule has 35 heavy (non-hydrogen) atoms. The zero-order valence-corrected chi connectivity index (χ0v) is 18.8. The molecule has 9 rings (SSSR count). The molecule has 0 unspecified atom stereocenters. The number of nitrogens with zero attached hydrogens (tertiary/aromatic N) is 2. The third-order valence-electron chi connectivity index (χ3n) is 7.97. The van der Waals surface area contributed by atoms with Gasteiger partial charge < -0.3 is 18.6 Å². The molecule has 0 spiro atoms. The van der Waals surface area contributed by atoms with Crippen molar-refractivity contribution in [1.29, 1.82) is 0 Å². The van der Waals surface area contributed by atoms with E-state index >= 15 is 0 Å². The number of methoxy groups -OCH3 is 1. The van der Waals surface area contributed by atoms with Gasteiger partial charge in [0.2, 0.25) is 0 Å². The number of rotatable bonds is 1. The first-order valence-corrected chi connectivity index (χ1v) is 11.8. The van der Waals surface area contributed by atoms with Crippen LogP contribution in [0, 0.1) is 0 Å². The molecule has 4 aromatic heterocycles. The Morgan fingerprint density at radius 2 is 1.09 bits per heavy atom. The highest BCUT2D eigenvalue weighted by atomic mass is 16.5. The first-order valence-electron chi connectivity index (χ1n) is 11.8. The van der Waals surface area contributed by atoms with Crippen LogP contribution in [0.4, 0.5) is 0 Å². The van der Waals surface area contributed by atoms with Crippen LogP contribution in [0.5, 0.6) is 11.5 Å². The molecule has 0 saturated carbocycles. The maximum atomic E-state index is 10.8. The topological polar surface area (TPSA) is 38.3 Å². The summed E-state index contributed by atoms with van der Waals surface area (Å²) in [7, 11) is 1.74. The van der Waals surface area contributed by atoms with E-state index in [1.807, 2.05) is 12.1 Å². The molecule has 4 heterocycles. The first kappa shape index (κ1) is 17.7. The number of fused-ring (bicyclic) bond motifs is 12. The monoisotopic (exact) mass is 450 g/mol. The van der Waals surface area contributed by atoms with E-state index in [1.54, 1.807) is 7.11 Å². The highest BCUT2D eigenvalue weighted by Gasteiger charge is 2.24. The number of hydrogen-bond donors (Lipinski definition) is 1. The number of aromatic nitrogens is 2. The molecule has 0 aliphatic heterocycles. The summed E-state index contributed by atoms with van der Waals surface area (Å²) < 4.78 is 10.5. The van der Waals surface area contributed by atoms with Crippen LogP contribution in [0.25, 0.3) is 76.2 Å². The molecule has 0 fully saturated rings. The van der Waals surface area contributed by atoms with Gasteiger partial charge in [0.1, 0.15) is 11.5 Å². The van der Waals surface area contributed by atoms with Crippen molar-refractivity contribution < 1.29 is 9.84 Å². The Bertz CT molecular complexity index is 2320. The smallest absolute Gasteiger partial charge is 0.128 e. The highest BCUT2D eigenvalue weighted by molar-refractivity contribution is 6.30. The molecule has 0 bridgehead atoms. The Balaban J connectivity index is 1.61. The molecule has 5 aromatic carbocycles. The van der Waals surface area contributed by atoms with Gasteiger partial charge in [0, 0.05) is 32.3 Å². The molecule has 4 nitrogen and oxygen atoms in total. The molecule has 0 aliphatic rings. The van der Waals surface area contributed by atoms with Crippen molar-refractivity contribution in [1.82, 2.24) is 8.80 Å². The van der Waals surface area contributed by atoms with E-state index in [0.29, 0.717) is 5.75 Å². The maximum Gasteiger partial charge on any atom is 0.128 e. The predicted molar refractivity (Wildman–Crippen MR) is 144 cm³/mol. The fraction of sp³-hybridized carbons (Fsp3) is 0.0323. The number of aromatic hydroxyl groups is 1. The molecule has 0 amide bonds. The molecule has 164 valence electrons. The molecule has 4 heteroatoms. The second kappa shape index (κ2) is 5.68. The minimum atomic E-state index is 0.328. The lowest BCUT2D eigenvalue weighted by molar-refractivity contribution is 0.420. The van der Waals surface area contributed by atoms with Crippen LogP contribution in [0.2, 0.25) is 0 Å². The Morgan fingerprint density at radius 3 is 1.71 bits per heavy atom. The zero-order chi connectivity index (χ0) is 23.0. The van der Waals surface area contributed by atoms with Gasteiger partial charge in [-0.1, -0.05) is 36.4 Å². The van der Waals surface area contributed by atoms with Crippen molar-refractivity contribution >= 4 is 76.2 Å². The highest BCUT2D eigenvalue weighted by Crippen LogP contribution is 2.47. The van der Waals surface area contributed by atoms with E-state index in [9.17, 15) is 5.11 Å². The van der Waals surface area contributed by atoms with E-state index in [0.717, 1.165) is 43.8 Å². The average Bonchev–Trinajstić information content (AvgIpc) is 3.60. The summed E-state index contributed by atoms with van der Waals surface area (Å²) >= 11 is 0. The summed E-state index contributed by atoms with van der Waals surface area (Å²) in [6.07, 6.45) is 0. The summed E-state index contributed by atoms with van der Waals surface area (Å²) in [5.41, 5.74) is 6.95. The number of ether oxygens (including phenoxy) is 1. The second-order valence-corrected chi connectivity index (χ2v) is 9.49. The number of phenols is 1. The van der Waals surface area contributed by atoms with Crippen LogP contribution in [0.15, 0.2) is 84.9 Å². The van der Waals surface area contributed by atoms with Crippen molar-refractivity contribution in [3.8, 4) is 11.5 Å². The number of hydrogen-bond acceptors (Lipinski definition) is 2. The third kappa shape index (κ3) is 1.83. The lowest BCUT2D eigenvalue weighted by Gasteiger charge is -2.03. The van der Waals surface area contributed by atoms with Gasteiger partial charge in [-0.15, -0.1) is 0 Å². The Morgan fingerprint density at radius 1 is 0.543 bits per heavy atom. The van der Waals surface area contributed by atoms with Gasteiger partial charge in [-0.3, -0.25) is 0 Å². The van der Waals surface area contributed by atoms with Crippen molar-refractivity contribution in [2.45, 2.75) is 0 Å². The van der Waals surface area contributed by atoms with Gasteiger partial charge in [0.15, 0.2) is 0 Å². The molecular formula is C31H18N2O2. The predicted octanol–water partition coefficient (Wildman–Crippen LogP) is 7.70. The normalized spacial score (nSPS) is 12.8. The Hall–Kier alpha value is -4.70. The van der Waals surface area contributed by atoms with E-state index < -0.39 is 0 Å². The summed E-state index contributed by atoms with van der Waals surface area (Å²) in [5, 5.41) is 20.0. The Kier molecular flexibility index (Phi) is 2.88. The van der Waals surface area contributed by atoms with E-state index in [4.69, 9.17) is 4.74 Å². The fourth-order valence-corrected chi connectivity index (χ4v) is 6.63. The van der Waals surface area contributed by atoms with Crippen molar-refractivity contribution in [2.75, 3.05) is 7.11 Å². The quantitative estimate of drug-likeness (QED) is 0.278. The van der Waals surface area contributed by atoms with Gasteiger partial charge in [-0.25, -0.2) is 0 Å². The first-order chi connectivity index (χ1) is 17.3. The molecule has 0 radical (unpaired) electrons. The van der Waals surface area contributed by atoms with Crippen LogP contribution in [0.1, 0.15) is 0 Å². The minimum absolute atomic E-state index is 0.328. The van der Waals surface area contributed by atoms with E-state index in [2.05, 4.69) is 81.6 Å². The molecule has 0 saturated heterocycles. The van der Waals surface area contributed by atoms with Gasteiger partial charge in [0.05, 0.1) is 51.0 Å². The summed E-state index contributed by atoms with van der Waals surface area (Å²) in [4.78, 5) is 0. The number of phenolic OH excluding ortho intramolecular Hbond substituents is 1. The summed E-state index contributed by atoms with van der Waals surface area (Å²) in [6.45, 7) is 0. The van der Waals surface area contributed by atoms with Gasteiger partial charge >= 0.3 is 0 Å². The molecule has 0 atom stereocenters. The average molecular weight is 450 g/mol. The van der Waals surface area contributed by atoms with Crippen molar-refractivity contribution in [2.24, 2.45) is 0 Å². The van der Waals surface area contributed by atoms with Crippen LogP contribution in [0.3, 0.4) is 0 Å². The standard InChI is InChI=1S/C31H18N2O2/c1-35-27-13-11-17-21-15-24-20(14-25(21)33-23-9-5-3-7-19(23)29(27)31(17)33)16-10-12-26(34)28-18-6-2-4-8-22(18)32(24)30(16)28/h2-15,34H,1H3. The SMILES string of the molecule is COc1ccc2c3cc4c(cc3n3c5ccccc5c1c23)c1ccc(O)c2c3ccccc3n4c12. The third-order valence-corrected chi connectivity index (χ3v) is 7.97. The summed E-state index contributed by atoms with van der Waals surface area (Å²) in [5.74, 6) is 1.23. The van der Waals surface area contributed by atoms with E-state index in [1.165, 1.54) is 38.1 Å². The maximum absolute atomic E-state index is 10.8. The molecule has 1 N–H and O–H groups in total. The number of benzene rings is 5. The van der Waals surface area contributed by atoms with Crippen LogP contribution >= 0.6 is 0 Å². The lowest BCUT2D eigenvalue weighted by Crippen LogP contribution is -1.83. The van der Waals surface area contributed by atoms with Gasteiger partial charge in [-0.05, 0) is 48.5 Å². The Labute approximate surface area is 198 Å². The van der Waals surface area contributed by atoms with Crippen molar-refractivity contribution in [3.05, 3.63) is 84.9 Å². The van der Waals surface area contributed by atoms with Gasteiger partial charge in [0.25, 0.3) is 0 Å². The van der Waals surface area contributed by atoms with Crippen molar-refractivity contribution in [3.63, 3.8) is 0 Å². The van der Waals surface area contributed by atoms with Crippen LogP contribution in [-0.4, -0.2) is 21.0 Å². The summed E-state index contributed by atoms with van der Waals surface area (Å²) in [6, 6.07) is 29.7. The van der Waals surface area contributed by atoms with E-state index in [-0.39, 0.29) is 0 Å². The van der Waals surface area contributed by atoms with Gasteiger partial charge in [-0.2, -0.15) is 0 Å². The molecule has 9 aromatic rings. The molecular weight excluding hydrogens is 432 g/mol. The van der Waals surface area contributed by atoms with Crippen LogP contribution in [-0.2, 0) is 0 Å². The lowest BCUT2D eigenvalue weighted by atomic mass is 10.0. The molecule has 0 aliphatic carbocycles. The fourth-order valence-electron chi connectivity index (χ4n) is 6.63. The largest absolute Gasteiger partial charge is 0.507 e. The second-order valence-electron chi connectivity index (χ2n) is 9.49. The number of para-hydroxylation sites is 2.